The van der Waals surface area contributed by atoms with Gasteiger partial charge in [0.1, 0.15) is 12.6 Å². The number of carbonyl (C=O) groups is 4. The van der Waals surface area contributed by atoms with Crippen LogP contribution in [0.4, 0.5) is 5.69 Å². The molecule has 216 valence electrons. The Labute approximate surface area is 234 Å². The summed E-state index contributed by atoms with van der Waals surface area (Å²) in [7, 11) is 0. The quantitative estimate of drug-likeness (QED) is 0.119. The topological polar surface area (TPSA) is 143 Å². The van der Waals surface area contributed by atoms with Crippen LogP contribution in [-0.4, -0.2) is 67.8 Å². The predicted octanol–water partition coefficient (Wildman–Crippen LogP) is 2.87. The normalized spacial score (nSPS) is 12.1. The van der Waals surface area contributed by atoms with E-state index in [0.717, 1.165) is 10.8 Å². The number of fused-ring (bicyclic) bond motifs is 1. The number of aliphatic hydroxyl groups is 1. The van der Waals surface area contributed by atoms with Crippen molar-refractivity contribution >= 4 is 40.2 Å². The van der Waals surface area contributed by atoms with Crippen molar-refractivity contribution in [2.24, 2.45) is 5.92 Å². The number of hydrogen-bond donors (Lipinski definition) is 4. The number of nitrogens with one attached hydrogen (secondary N) is 3. The standard InChI is InChI=1S/C30H39N3O7/c1-3-5-6-12-28(36)40-21-26(30(38)32-25-14-13-22-10-7-8-11-23(22)19-25)33-29(37)24(9-4-2)20-27(35)31-15-17-39-18-16-34/h3-4,7-8,10-11,13-14,19,24,26,34H,1-2,5-6,9,12,15-18,20-21H2,(H,31,35)(H,32,38)(H,33,37)/t24-,26+/m1/s1. The zero-order chi connectivity index (χ0) is 29.2. The fourth-order valence-electron chi connectivity index (χ4n) is 3.82. The summed E-state index contributed by atoms with van der Waals surface area (Å²) in [6, 6.07) is 11.9. The lowest BCUT2D eigenvalue weighted by molar-refractivity contribution is -0.146. The van der Waals surface area contributed by atoms with Gasteiger partial charge in [0.05, 0.1) is 25.7 Å². The first-order chi connectivity index (χ1) is 19.4. The van der Waals surface area contributed by atoms with Crippen molar-refractivity contribution in [3.63, 3.8) is 0 Å². The van der Waals surface area contributed by atoms with Gasteiger partial charge in [0, 0.05) is 25.1 Å². The lowest BCUT2D eigenvalue weighted by Gasteiger charge is -2.22. The number of benzene rings is 2. The number of aliphatic hydroxyl groups excluding tert-OH is 1. The number of ether oxygens (including phenoxy) is 2. The largest absolute Gasteiger partial charge is 0.463 e. The van der Waals surface area contributed by atoms with Gasteiger partial charge >= 0.3 is 5.97 Å². The molecular weight excluding hydrogens is 514 g/mol. The summed E-state index contributed by atoms with van der Waals surface area (Å²) in [5.41, 5.74) is 0.519. The van der Waals surface area contributed by atoms with Gasteiger partial charge in [0.2, 0.25) is 11.8 Å². The van der Waals surface area contributed by atoms with Crippen molar-refractivity contribution in [1.29, 1.82) is 0 Å². The highest BCUT2D eigenvalue weighted by Crippen LogP contribution is 2.19. The molecule has 0 bridgehead atoms. The average Bonchev–Trinajstić information content (AvgIpc) is 2.94. The molecule has 0 aliphatic carbocycles. The summed E-state index contributed by atoms with van der Waals surface area (Å²) in [5, 5.41) is 18.8. The van der Waals surface area contributed by atoms with Gasteiger partial charge in [-0.3, -0.25) is 19.2 Å². The molecule has 0 fully saturated rings. The molecule has 0 saturated carbocycles. The van der Waals surface area contributed by atoms with Crippen LogP contribution in [0.2, 0.25) is 0 Å². The zero-order valence-electron chi connectivity index (χ0n) is 22.7. The van der Waals surface area contributed by atoms with Gasteiger partial charge in [-0.25, -0.2) is 0 Å². The Kier molecular flexibility index (Phi) is 14.7. The molecule has 0 saturated heterocycles. The third-order valence-electron chi connectivity index (χ3n) is 5.91. The molecule has 0 heterocycles. The number of anilines is 1. The molecule has 3 amide bonds. The molecule has 0 spiro atoms. The van der Waals surface area contributed by atoms with E-state index in [2.05, 4.69) is 29.1 Å². The number of hydrogen-bond acceptors (Lipinski definition) is 7. The maximum absolute atomic E-state index is 13.2. The Hall–Kier alpha value is -4.02. The molecule has 0 aromatic heterocycles. The van der Waals surface area contributed by atoms with E-state index in [1.807, 2.05) is 36.4 Å². The molecule has 0 radical (unpaired) electrons. The van der Waals surface area contributed by atoms with E-state index in [4.69, 9.17) is 14.6 Å². The van der Waals surface area contributed by atoms with E-state index in [1.165, 1.54) is 6.08 Å². The molecule has 40 heavy (non-hydrogen) atoms. The second-order valence-corrected chi connectivity index (χ2v) is 9.09. The number of esters is 1. The fourth-order valence-corrected chi connectivity index (χ4v) is 3.82. The van der Waals surface area contributed by atoms with Crippen LogP contribution in [0.3, 0.4) is 0 Å². The molecule has 0 aliphatic rings. The second-order valence-electron chi connectivity index (χ2n) is 9.09. The van der Waals surface area contributed by atoms with Crippen LogP contribution in [0.1, 0.15) is 32.1 Å². The Bertz CT molecular complexity index is 1150. The van der Waals surface area contributed by atoms with Gasteiger partial charge in [-0.15, -0.1) is 13.2 Å². The summed E-state index contributed by atoms with van der Waals surface area (Å²) in [6.45, 7) is 7.41. The number of carbonyl (C=O) groups excluding carboxylic acids is 4. The summed E-state index contributed by atoms with van der Waals surface area (Å²) < 4.78 is 10.4. The highest BCUT2D eigenvalue weighted by molar-refractivity contribution is 5.99. The molecule has 2 rings (SSSR count). The molecule has 2 aromatic carbocycles. The third-order valence-corrected chi connectivity index (χ3v) is 5.91. The van der Waals surface area contributed by atoms with Crippen LogP contribution in [0.15, 0.2) is 67.8 Å². The number of allylic oxidation sites excluding steroid dienone is 2. The SMILES string of the molecule is C=CCCCC(=O)OC[C@H](NC(=O)[C@H](CC=C)CC(=O)NCCOCCO)C(=O)Nc1ccc2ccccc2c1. The second kappa shape index (κ2) is 18.3. The molecule has 4 N–H and O–H groups in total. The Morgan fingerprint density at radius 1 is 0.975 bits per heavy atom. The molecule has 10 nitrogen and oxygen atoms in total. The summed E-state index contributed by atoms with van der Waals surface area (Å²) in [4.78, 5) is 51.0. The van der Waals surface area contributed by atoms with Gasteiger partial charge in [-0.2, -0.15) is 0 Å². The van der Waals surface area contributed by atoms with Gasteiger partial charge in [0.15, 0.2) is 0 Å². The van der Waals surface area contributed by atoms with Crippen LogP contribution in [0, 0.1) is 5.92 Å². The van der Waals surface area contributed by atoms with Crippen molar-refractivity contribution in [2.75, 3.05) is 38.3 Å². The summed E-state index contributed by atoms with van der Waals surface area (Å²) in [5.74, 6) is -2.78. The van der Waals surface area contributed by atoms with Gasteiger partial charge < -0.3 is 30.5 Å². The first kappa shape index (κ1) is 32.2. The molecule has 0 unspecified atom stereocenters. The van der Waals surface area contributed by atoms with E-state index in [1.54, 1.807) is 12.1 Å². The monoisotopic (exact) mass is 553 g/mol. The highest BCUT2D eigenvalue weighted by Gasteiger charge is 2.28. The van der Waals surface area contributed by atoms with Crippen molar-refractivity contribution in [1.82, 2.24) is 10.6 Å². The maximum Gasteiger partial charge on any atom is 0.305 e. The van der Waals surface area contributed by atoms with E-state index in [-0.39, 0.29) is 58.1 Å². The molecule has 2 atom stereocenters. The van der Waals surface area contributed by atoms with Crippen molar-refractivity contribution in [2.45, 2.75) is 38.1 Å². The summed E-state index contributed by atoms with van der Waals surface area (Å²) >= 11 is 0. The van der Waals surface area contributed by atoms with Crippen molar-refractivity contribution < 1.29 is 33.8 Å². The van der Waals surface area contributed by atoms with E-state index < -0.39 is 29.7 Å². The Balaban J connectivity index is 2.08. The van der Waals surface area contributed by atoms with Crippen LogP contribution >= 0.6 is 0 Å². The molecule has 2 aromatic rings. The zero-order valence-corrected chi connectivity index (χ0v) is 22.7. The maximum atomic E-state index is 13.2. The summed E-state index contributed by atoms with van der Waals surface area (Å²) in [6.07, 6.45) is 4.64. The predicted molar refractivity (Wildman–Crippen MR) is 153 cm³/mol. The molecule has 10 heteroatoms. The third kappa shape index (κ3) is 11.8. The first-order valence-corrected chi connectivity index (χ1v) is 13.3. The van der Waals surface area contributed by atoms with Gasteiger partial charge in [-0.1, -0.05) is 42.5 Å². The van der Waals surface area contributed by atoms with Crippen molar-refractivity contribution in [3.8, 4) is 0 Å². The number of unbranched alkanes of at least 4 members (excludes halogenated alkanes) is 1. The van der Waals surface area contributed by atoms with E-state index in [9.17, 15) is 19.2 Å². The number of rotatable bonds is 19. The van der Waals surface area contributed by atoms with Crippen molar-refractivity contribution in [3.05, 3.63) is 67.8 Å². The lowest BCUT2D eigenvalue weighted by atomic mass is 9.99. The average molecular weight is 554 g/mol. The molecular formula is C30H39N3O7. The van der Waals surface area contributed by atoms with Crippen LogP contribution in [-0.2, 0) is 28.7 Å². The van der Waals surface area contributed by atoms with Gasteiger partial charge in [0.25, 0.3) is 5.91 Å². The lowest BCUT2D eigenvalue weighted by Crippen LogP contribution is -2.49. The highest BCUT2D eigenvalue weighted by atomic mass is 16.5. The number of amides is 3. The minimum absolute atomic E-state index is 0.116. The molecule has 0 aliphatic heterocycles. The van der Waals surface area contributed by atoms with Crippen LogP contribution < -0.4 is 16.0 Å². The van der Waals surface area contributed by atoms with E-state index in [0.29, 0.717) is 18.5 Å². The smallest absolute Gasteiger partial charge is 0.305 e. The fraction of sp³-hybridized carbons (Fsp3) is 0.400. The minimum atomic E-state index is -1.19. The Morgan fingerprint density at radius 2 is 1.75 bits per heavy atom. The van der Waals surface area contributed by atoms with Gasteiger partial charge in [-0.05, 0) is 42.2 Å². The minimum Gasteiger partial charge on any atom is -0.463 e. The van der Waals surface area contributed by atoms with Crippen LogP contribution in [0.5, 0.6) is 0 Å². The van der Waals surface area contributed by atoms with Crippen LogP contribution in [0.25, 0.3) is 10.8 Å². The first-order valence-electron chi connectivity index (χ1n) is 13.3. The Morgan fingerprint density at radius 3 is 2.48 bits per heavy atom. The van der Waals surface area contributed by atoms with E-state index >= 15 is 0 Å².